The number of nitrogen functional groups attached to an aromatic ring is 1. The highest BCUT2D eigenvalue weighted by atomic mass is 19.1. The lowest BCUT2D eigenvalue weighted by Gasteiger charge is -2.02. The minimum absolute atomic E-state index is 0.0386. The lowest BCUT2D eigenvalue weighted by Crippen LogP contribution is -2.22. The lowest BCUT2D eigenvalue weighted by molar-refractivity contribution is 0.0913. The first kappa shape index (κ1) is 15.6. The van der Waals surface area contributed by atoms with Crippen LogP contribution in [0.3, 0.4) is 0 Å². The molecule has 0 bridgehead atoms. The number of halogens is 2. The predicted molar refractivity (Wildman–Crippen MR) is 81.7 cm³/mol. The van der Waals surface area contributed by atoms with Crippen molar-refractivity contribution in [2.75, 3.05) is 5.73 Å². The zero-order chi connectivity index (χ0) is 17.1. The number of hydrogen-bond donors (Lipinski definition) is 2. The van der Waals surface area contributed by atoms with E-state index in [-0.39, 0.29) is 23.6 Å². The largest absolute Gasteiger partial charge is 0.384 e. The van der Waals surface area contributed by atoms with E-state index < -0.39 is 17.5 Å². The average Bonchev–Trinajstić information content (AvgIpc) is 3.02. The van der Waals surface area contributed by atoms with Crippen molar-refractivity contribution in [2.45, 2.75) is 6.54 Å². The summed E-state index contributed by atoms with van der Waals surface area (Å²) in [7, 11) is 0. The average molecular weight is 330 g/mol. The quantitative estimate of drug-likeness (QED) is 0.766. The van der Waals surface area contributed by atoms with Gasteiger partial charge in [0.2, 0.25) is 5.76 Å². The highest BCUT2D eigenvalue weighted by molar-refractivity contribution is 5.92. The molecule has 0 aliphatic heterocycles. The molecule has 0 aliphatic rings. The number of benzene rings is 1. The van der Waals surface area contributed by atoms with E-state index in [4.69, 9.17) is 10.3 Å². The lowest BCUT2D eigenvalue weighted by atomic mass is 10.1. The summed E-state index contributed by atoms with van der Waals surface area (Å²) < 4.78 is 31.5. The molecule has 122 valence electrons. The number of rotatable bonds is 4. The Balaban J connectivity index is 1.71. The van der Waals surface area contributed by atoms with Gasteiger partial charge in [-0.1, -0.05) is 11.2 Å². The first-order valence-electron chi connectivity index (χ1n) is 6.94. The van der Waals surface area contributed by atoms with Crippen molar-refractivity contribution < 1.29 is 18.1 Å². The molecule has 24 heavy (non-hydrogen) atoms. The van der Waals surface area contributed by atoms with Crippen LogP contribution in [0, 0.1) is 11.6 Å². The van der Waals surface area contributed by atoms with Gasteiger partial charge in [0.1, 0.15) is 23.1 Å². The molecule has 0 fully saturated rings. The molecule has 1 amide bonds. The van der Waals surface area contributed by atoms with E-state index in [1.807, 2.05) is 0 Å². The van der Waals surface area contributed by atoms with Gasteiger partial charge in [0.25, 0.3) is 5.91 Å². The Morgan fingerprint density at radius 1 is 1.21 bits per heavy atom. The minimum Gasteiger partial charge on any atom is -0.384 e. The zero-order valence-corrected chi connectivity index (χ0v) is 12.3. The summed E-state index contributed by atoms with van der Waals surface area (Å²) in [6.45, 7) is 0.144. The SMILES string of the molecule is Nc1cccc(CNC(=O)c2cc(-c3ccc(F)cc3F)no2)n1. The first-order valence-corrected chi connectivity index (χ1v) is 6.94. The second kappa shape index (κ2) is 6.45. The maximum atomic E-state index is 13.7. The summed E-state index contributed by atoms with van der Waals surface area (Å²) in [6, 6.07) is 9.38. The van der Waals surface area contributed by atoms with Crippen LogP contribution in [0.2, 0.25) is 0 Å². The molecule has 2 aromatic heterocycles. The number of amides is 1. The number of carbonyl (C=O) groups is 1. The number of aromatic nitrogens is 2. The second-order valence-electron chi connectivity index (χ2n) is 4.94. The normalized spacial score (nSPS) is 10.6. The summed E-state index contributed by atoms with van der Waals surface area (Å²) in [6.07, 6.45) is 0. The smallest absolute Gasteiger partial charge is 0.290 e. The molecule has 1 aromatic carbocycles. The molecule has 0 atom stereocenters. The van der Waals surface area contributed by atoms with Crippen LogP contribution in [0.1, 0.15) is 16.2 Å². The molecule has 0 unspecified atom stereocenters. The molecule has 3 N–H and O–H groups in total. The van der Waals surface area contributed by atoms with Crippen LogP contribution in [0.4, 0.5) is 14.6 Å². The van der Waals surface area contributed by atoms with Crippen molar-refractivity contribution in [2.24, 2.45) is 0 Å². The zero-order valence-electron chi connectivity index (χ0n) is 12.3. The Kier molecular flexibility index (Phi) is 4.19. The molecule has 0 saturated carbocycles. The standard InChI is InChI=1S/C16H12F2N4O2/c17-9-4-5-11(12(18)6-9)13-7-14(24-22-13)16(23)20-8-10-2-1-3-15(19)21-10/h1-7H,8H2,(H2,19,21)(H,20,23). The molecule has 3 rings (SSSR count). The number of carbonyl (C=O) groups excluding carboxylic acids is 1. The Bertz CT molecular complexity index is 895. The van der Waals surface area contributed by atoms with Crippen LogP contribution >= 0.6 is 0 Å². The third-order valence-electron chi connectivity index (χ3n) is 3.20. The van der Waals surface area contributed by atoms with Crippen LogP contribution in [0.25, 0.3) is 11.3 Å². The fourth-order valence-electron chi connectivity index (χ4n) is 2.06. The van der Waals surface area contributed by atoms with Crippen molar-refractivity contribution in [1.29, 1.82) is 0 Å². The molecule has 0 radical (unpaired) electrons. The number of hydrogen-bond acceptors (Lipinski definition) is 5. The van der Waals surface area contributed by atoms with Gasteiger partial charge in [-0.25, -0.2) is 13.8 Å². The summed E-state index contributed by atoms with van der Waals surface area (Å²) >= 11 is 0. The monoisotopic (exact) mass is 330 g/mol. The van der Waals surface area contributed by atoms with Gasteiger partial charge in [0, 0.05) is 17.7 Å². The van der Waals surface area contributed by atoms with Crippen LogP contribution in [0.15, 0.2) is 47.0 Å². The van der Waals surface area contributed by atoms with Gasteiger partial charge >= 0.3 is 0 Å². The van der Waals surface area contributed by atoms with E-state index >= 15 is 0 Å². The third-order valence-corrected chi connectivity index (χ3v) is 3.20. The van der Waals surface area contributed by atoms with Crippen molar-refractivity contribution in [3.05, 3.63) is 65.6 Å². The van der Waals surface area contributed by atoms with E-state index in [0.717, 1.165) is 12.1 Å². The van der Waals surface area contributed by atoms with E-state index in [2.05, 4.69) is 15.5 Å². The highest BCUT2D eigenvalue weighted by Gasteiger charge is 2.16. The van der Waals surface area contributed by atoms with Gasteiger partial charge < -0.3 is 15.6 Å². The first-order chi connectivity index (χ1) is 11.5. The number of anilines is 1. The molecule has 6 nitrogen and oxygen atoms in total. The molecule has 8 heteroatoms. The maximum Gasteiger partial charge on any atom is 0.290 e. The van der Waals surface area contributed by atoms with Crippen molar-refractivity contribution >= 4 is 11.7 Å². The molecule has 0 aliphatic carbocycles. The maximum absolute atomic E-state index is 13.7. The van der Waals surface area contributed by atoms with Crippen LogP contribution in [0.5, 0.6) is 0 Å². The Morgan fingerprint density at radius 2 is 2.04 bits per heavy atom. The molecule has 0 spiro atoms. The topological polar surface area (TPSA) is 94.0 Å². The fraction of sp³-hybridized carbons (Fsp3) is 0.0625. The molecule has 0 saturated heterocycles. The van der Waals surface area contributed by atoms with E-state index in [0.29, 0.717) is 11.5 Å². The van der Waals surface area contributed by atoms with Gasteiger partial charge in [-0.05, 0) is 24.3 Å². The number of nitrogens with zero attached hydrogens (tertiary/aromatic N) is 2. The van der Waals surface area contributed by atoms with Crippen LogP contribution < -0.4 is 11.1 Å². The number of nitrogens with two attached hydrogens (primary N) is 1. The van der Waals surface area contributed by atoms with Gasteiger partial charge in [-0.3, -0.25) is 4.79 Å². The Labute approximate surface area is 135 Å². The van der Waals surface area contributed by atoms with E-state index in [1.165, 1.54) is 12.1 Å². The van der Waals surface area contributed by atoms with Crippen molar-refractivity contribution in [1.82, 2.24) is 15.5 Å². The molecule has 3 aromatic rings. The third kappa shape index (κ3) is 3.37. The molecular formula is C16H12F2N4O2. The van der Waals surface area contributed by atoms with Gasteiger partial charge in [-0.15, -0.1) is 0 Å². The molecule has 2 heterocycles. The van der Waals surface area contributed by atoms with Gasteiger partial charge in [0.05, 0.1) is 12.2 Å². The Hall–Kier alpha value is -3.29. The van der Waals surface area contributed by atoms with Crippen molar-refractivity contribution in [3.63, 3.8) is 0 Å². The fourth-order valence-corrected chi connectivity index (χ4v) is 2.06. The van der Waals surface area contributed by atoms with Crippen LogP contribution in [-0.4, -0.2) is 16.0 Å². The number of pyridine rings is 1. The summed E-state index contributed by atoms with van der Waals surface area (Å²) in [4.78, 5) is 16.1. The van der Waals surface area contributed by atoms with E-state index in [9.17, 15) is 13.6 Å². The minimum atomic E-state index is -0.792. The predicted octanol–water partition coefficient (Wildman–Crippen LogP) is 2.53. The highest BCUT2D eigenvalue weighted by Crippen LogP contribution is 2.23. The van der Waals surface area contributed by atoms with Crippen LogP contribution in [-0.2, 0) is 6.54 Å². The second-order valence-corrected chi connectivity index (χ2v) is 4.94. The van der Waals surface area contributed by atoms with Gasteiger partial charge in [-0.2, -0.15) is 0 Å². The summed E-state index contributed by atoms with van der Waals surface area (Å²) in [5.41, 5.74) is 6.27. The summed E-state index contributed by atoms with van der Waals surface area (Å²) in [5.74, 6) is -1.79. The van der Waals surface area contributed by atoms with Crippen molar-refractivity contribution in [3.8, 4) is 11.3 Å². The number of nitrogens with one attached hydrogen (secondary N) is 1. The molecular weight excluding hydrogens is 318 g/mol. The Morgan fingerprint density at radius 3 is 2.79 bits per heavy atom. The summed E-state index contributed by atoms with van der Waals surface area (Å²) in [5, 5.41) is 6.22. The van der Waals surface area contributed by atoms with E-state index in [1.54, 1.807) is 18.2 Å². The van der Waals surface area contributed by atoms with Gasteiger partial charge in [0.15, 0.2) is 0 Å².